The predicted octanol–water partition coefficient (Wildman–Crippen LogP) is 3.13. The number of rotatable bonds is 8. The fraction of sp³-hybridized carbons (Fsp3) is 0.833. The van der Waals surface area contributed by atoms with Crippen molar-refractivity contribution in [3.05, 3.63) is 12.7 Å². The first kappa shape index (κ1) is 14.9. The van der Waals surface area contributed by atoms with E-state index in [0.717, 1.165) is 13.2 Å². The van der Waals surface area contributed by atoms with Gasteiger partial charge in [0.1, 0.15) is 0 Å². The van der Waals surface area contributed by atoms with Crippen LogP contribution in [0.5, 0.6) is 0 Å². The summed E-state index contributed by atoms with van der Waals surface area (Å²) in [6.45, 7) is 16.2. The first-order valence-corrected chi connectivity index (χ1v) is 7.44. The molecule has 0 aromatic carbocycles. The van der Waals surface area contributed by atoms with Gasteiger partial charge in [0, 0.05) is 18.8 Å². The highest BCUT2D eigenvalue weighted by molar-refractivity contribution is 6.47. The molecule has 15 heavy (non-hydrogen) atoms. The van der Waals surface area contributed by atoms with Crippen molar-refractivity contribution in [3.63, 3.8) is 0 Å². The highest BCUT2D eigenvalue weighted by atomic mass is 28.3. The molecule has 0 saturated carbocycles. The Kier molecular flexibility index (Phi) is 8.01. The summed E-state index contributed by atoms with van der Waals surface area (Å²) < 4.78 is 11.7. The van der Waals surface area contributed by atoms with Gasteiger partial charge in [0.25, 0.3) is 0 Å². The lowest BCUT2D eigenvalue weighted by atomic mass is 10.2. The van der Waals surface area contributed by atoms with Gasteiger partial charge in [-0.05, 0) is 11.8 Å². The van der Waals surface area contributed by atoms with E-state index in [9.17, 15) is 0 Å². The molecule has 0 aliphatic heterocycles. The lowest BCUT2D eigenvalue weighted by molar-refractivity contribution is 0.160. The fourth-order valence-corrected chi connectivity index (χ4v) is 3.11. The molecule has 0 aromatic rings. The topological polar surface area (TPSA) is 18.5 Å². The molecule has 0 fully saturated rings. The van der Waals surface area contributed by atoms with Gasteiger partial charge in [-0.2, -0.15) is 0 Å². The van der Waals surface area contributed by atoms with E-state index in [0.29, 0.717) is 17.4 Å². The molecule has 0 heterocycles. The van der Waals surface area contributed by atoms with E-state index >= 15 is 0 Å². The monoisotopic (exact) mass is 230 g/mol. The van der Waals surface area contributed by atoms with Crippen LogP contribution in [0.3, 0.4) is 0 Å². The summed E-state index contributed by atoms with van der Waals surface area (Å²) in [7, 11) is -1.56. The molecule has 0 bridgehead atoms. The molecular weight excluding hydrogens is 204 g/mol. The van der Waals surface area contributed by atoms with Crippen LogP contribution in [0.15, 0.2) is 12.7 Å². The third-order valence-electron chi connectivity index (χ3n) is 1.99. The molecular formula is C12H26O2Si. The quantitative estimate of drug-likeness (QED) is 0.471. The van der Waals surface area contributed by atoms with Gasteiger partial charge in [0.2, 0.25) is 0 Å². The molecule has 1 unspecified atom stereocenters. The molecule has 90 valence electrons. The molecule has 0 aromatic heterocycles. The molecule has 3 heteroatoms. The Hall–Kier alpha value is -0.123. The maximum absolute atomic E-state index is 5.85. The van der Waals surface area contributed by atoms with Crippen molar-refractivity contribution in [1.82, 2.24) is 0 Å². The third kappa shape index (κ3) is 7.77. The maximum Gasteiger partial charge on any atom is 0.328 e. The summed E-state index contributed by atoms with van der Waals surface area (Å²) in [4.78, 5) is 0. The van der Waals surface area contributed by atoms with Gasteiger partial charge in [0.15, 0.2) is 0 Å². The van der Waals surface area contributed by atoms with Crippen molar-refractivity contribution in [1.29, 1.82) is 0 Å². The highest BCUT2D eigenvalue weighted by Gasteiger charge is 2.20. The Labute approximate surface area is 96.5 Å². The van der Waals surface area contributed by atoms with E-state index in [4.69, 9.17) is 8.85 Å². The number of allylic oxidation sites excluding steroid dienone is 1. The molecule has 0 amide bonds. The van der Waals surface area contributed by atoms with Crippen LogP contribution in [0.4, 0.5) is 0 Å². The Balaban J connectivity index is 4.00. The van der Waals surface area contributed by atoms with Gasteiger partial charge in [0.05, 0.1) is 0 Å². The second-order valence-electron chi connectivity index (χ2n) is 4.92. The minimum atomic E-state index is -1.56. The second kappa shape index (κ2) is 8.08. The van der Waals surface area contributed by atoms with Crippen molar-refractivity contribution >= 4 is 9.28 Å². The van der Waals surface area contributed by atoms with Crippen molar-refractivity contribution in [2.75, 3.05) is 13.2 Å². The van der Waals surface area contributed by atoms with Gasteiger partial charge in [-0.25, -0.2) is 0 Å². The second-order valence-corrected chi connectivity index (χ2v) is 7.37. The Bertz CT molecular complexity index is 157. The SMILES string of the molecule is C=CC(C)[SiH](OCC(C)C)OCC(C)C. The summed E-state index contributed by atoms with van der Waals surface area (Å²) in [5.74, 6) is 1.14. The third-order valence-corrected chi connectivity index (χ3v) is 4.16. The van der Waals surface area contributed by atoms with E-state index in [1.165, 1.54) is 0 Å². The Morgan fingerprint density at radius 1 is 1.00 bits per heavy atom. The van der Waals surface area contributed by atoms with E-state index in [2.05, 4.69) is 41.2 Å². The molecule has 0 N–H and O–H groups in total. The van der Waals surface area contributed by atoms with E-state index in [1.54, 1.807) is 0 Å². The van der Waals surface area contributed by atoms with E-state index in [-0.39, 0.29) is 0 Å². The van der Waals surface area contributed by atoms with Gasteiger partial charge in [-0.15, -0.1) is 6.58 Å². The summed E-state index contributed by atoms with van der Waals surface area (Å²) in [6, 6.07) is 0. The zero-order valence-electron chi connectivity index (χ0n) is 10.8. The minimum Gasteiger partial charge on any atom is -0.396 e. The first-order valence-electron chi connectivity index (χ1n) is 5.83. The lowest BCUT2D eigenvalue weighted by Crippen LogP contribution is -2.30. The zero-order valence-corrected chi connectivity index (χ0v) is 12.0. The van der Waals surface area contributed by atoms with Crippen molar-refractivity contribution in [2.24, 2.45) is 11.8 Å². The molecule has 2 nitrogen and oxygen atoms in total. The average Bonchev–Trinajstić information content (AvgIpc) is 2.16. The number of hydrogen-bond acceptors (Lipinski definition) is 2. The van der Waals surface area contributed by atoms with Gasteiger partial charge in [-0.3, -0.25) is 0 Å². The van der Waals surface area contributed by atoms with Gasteiger partial charge >= 0.3 is 9.28 Å². The fourth-order valence-electron chi connectivity index (χ4n) is 1.04. The minimum absolute atomic E-state index is 0.377. The first-order chi connectivity index (χ1) is 6.97. The molecule has 0 rings (SSSR count). The Morgan fingerprint density at radius 2 is 1.40 bits per heavy atom. The van der Waals surface area contributed by atoms with Crippen LogP contribution in [0.1, 0.15) is 34.6 Å². The molecule has 0 aliphatic rings. The average molecular weight is 230 g/mol. The predicted molar refractivity (Wildman–Crippen MR) is 68.4 cm³/mol. The van der Waals surface area contributed by atoms with Crippen molar-refractivity contribution in [3.8, 4) is 0 Å². The smallest absolute Gasteiger partial charge is 0.328 e. The summed E-state index contributed by atoms with van der Waals surface area (Å²) in [5.41, 5.74) is 0.377. The molecule has 0 spiro atoms. The maximum atomic E-state index is 5.85. The van der Waals surface area contributed by atoms with Crippen LogP contribution in [-0.2, 0) is 8.85 Å². The van der Waals surface area contributed by atoms with Crippen LogP contribution in [0, 0.1) is 11.8 Å². The van der Waals surface area contributed by atoms with Gasteiger partial charge in [-0.1, -0.05) is 40.7 Å². The van der Waals surface area contributed by atoms with Crippen molar-refractivity contribution < 1.29 is 8.85 Å². The lowest BCUT2D eigenvalue weighted by Gasteiger charge is -2.22. The largest absolute Gasteiger partial charge is 0.396 e. The number of hydrogen-bond donors (Lipinski definition) is 0. The summed E-state index contributed by atoms with van der Waals surface area (Å²) in [6.07, 6.45) is 1.94. The van der Waals surface area contributed by atoms with Crippen LogP contribution < -0.4 is 0 Å². The van der Waals surface area contributed by atoms with Crippen LogP contribution >= 0.6 is 0 Å². The molecule has 0 radical (unpaired) electrons. The van der Waals surface area contributed by atoms with Crippen molar-refractivity contribution in [2.45, 2.75) is 40.2 Å². The Morgan fingerprint density at radius 3 is 1.67 bits per heavy atom. The molecule has 1 atom stereocenters. The van der Waals surface area contributed by atoms with E-state index < -0.39 is 9.28 Å². The van der Waals surface area contributed by atoms with Crippen LogP contribution in [0.2, 0.25) is 5.54 Å². The summed E-state index contributed by atoms with van der Waals surface area (Å²) >= 11 is 0. The normalized spacial score (nSPS) is 13.9. The van der Waals surface area contributed by atoms with Gasteiger partial charge < -0.3 is 8.85 Å². The summed E-state index contributed by atoms with van der Waals surface area (Å²) in [5, 5.41) is 0. The van der Waals surface area contributed by atoms with Crippen LogP contribution in [0.25, 0.3) is 0 Å². The van der Waals surface area contributed by atoms with Crippen LogP contribution in [-0.4, -0.2) is 22.5 Å². The van der Waals surface area contributed by atoms with E-state index in [1.807, 2.05) is 6.08 Å². The molecule has 0 saturated heterocycles. The highest BCUT2D eigenvalue weighted by Crippen LogP contribution is 2.14. The standard InChI is InChI=1S/C12H26O2Si/c1-7-12(6)15(13-8-10(2)3)14-9-11(4)5/h7,10-12,15H,1,8-9H2,2-6H3. The molecule has 0 aliphatic carbocycles. The zero-order chi connectivity index (χ0) is 11.8.